The van der Waals surface area contributed by atoms with Gasteiger partial charge in [0.1, 0.15) is 5.82 Å². The molecule has 0 radical (unpaired) electrons. The van der Waals surface area contributed by atoms with E-state index in [2.05, 4.69) is 32.0 Å². The maximum atomic E-state index is 12.1. The van der Waals surface area contributed by atoms with Crippen LogP contribution in [0.15, 0.2) is 29.4 Å². The Balaban J connectivity index is 1.88. The molecular formula is C19H32N6O. The molecule has 7 nitrogen and oxygen atoms in total. The first-order valence-corrected chi connectivity index (χ1v) is 9.66. The molecule has 1 aromatic heterocycles. The van der Waals surface area contributed by atoms with Gasteiger partial charge in [-0.15, -0.1) is 0 Å². The highest BCUT2D eigenvalue weighted by Gasteiger charge is 2.20. The molecule has 0 saturated carbocycles. The van der Waals surface area contributed by atoms with Crippen LogP contribution in [0.25, 0.3) is 0 Å². The molecule has 2 rings (SSSR count). The number of nitrogens with zero attached hydrogens (tertiary/aromatic N) is 5. The Morgan fingerprint density at radius 3 is 2.50 bits per heavy atom. The fourth-order valence-electron chi connectivity index (χ4n) is 3.11. The van der Waals surface area contributed by atoms with Crippen molar-refractivity contribution < 1.29 is 4.79 Å². The predicted octanol–water partition coefficient (Wildman–Crippen LogP) is 1.43. The number of rotatable bonds is 7. The Kier molecular flexibility index (Phi) is 8.18. The van der Waals surface area contributed by atoms with Crippen molar-refractivity contribution in [3.8, 4) is 0 Å². The molecule has 0 atom stereocenters. The van der Waals surface area contributed by atoms with Crippen molar-refractivity contribution in [2.75, 3.05) is 57.3 Å². The van der Waals surface area contributed by atoms with Crippen LogP contribution in [0.4, 0.5) is 5.82 Å². The SMILES string of the molecule is CCNC(=NCCC(=O)N(CC)CC)N1CCN(c2ccccn2)CC1. The van der Waals surface area contributed by atoms with Gasteiger partial charge in [0.05, 0.1) is 6.54 Å². The molecule has 1 amide bonds. The zero-order valence-corrected chi connectivity index (χ0v) is 16.3. The Bertz CT molecular complexity index is 565. The van der Waals surface area contributed by atoms with Gasteiger partial charge in [0.15, 0.2) is 5.96 Å². The number of carbonyl (C=O) groups excluding carboxylic acids is 1. The van der Waals surface area contributed by atoms with Crippen molar-refractivity contribution in [3.63, 3.8) is 0 Å². The molecule has 2 heterocycles. The normalized spacial score (nSPS) is 15.1. The van der Waals surface area contributed by atoms with Crippen molar-refractivity contribution in [2.24, 2.45) is 4.99 Å². The zero-order chi connectivity index (χ0) is 18.8. The summed E-state index contributed by atoms with van der Waals surface area (Å²) in [5, 5.41) is 3.35. The lowest BCUT2D eigenvalue weighted by Crippen LogP contribution is -2.52. The summed E-state index contributed by atoms with van der Waals surface area (Å²) in [4.78, 5) is 27.7. The molecule has 1 aromatic rings. The third-order valence-corrected chi connectivity index (χ3v) is 4.59. The van der Waals surface area contributed by atoms with Gasteiger partial charge in [0.2, 0.25) is 5.91 Å². The standard InChI is InChI=1S/C19H32N6O/c1-4-20-19(22-12-10-18(26)23(5-2)6-3)25-15-13-24(14-16-25)17-9-7-8-11-21-17/h7-9,11H,4-6,10,12-16H2,1-3H3,(H,20,22). The second kappa shape index (κ2) is 10.6. The number of anilines is 1. The minimum absolute atomic E-state index is 0.176. The Morgan fingerprint density at radius 2 is 1.92 bits per heavy atom. The lowest BCUT2D eigenvalue weighted by molar-refractivity contribution is -0.130. The van der Waals surface area contributed by atoms with Crippen LogP contribution in [0.2, 0.25) is 0 Å². The van der Waals surface area contributed by atoms with Crippen molar-refractivity contribution in [1.82, 2.24) is 20.1 Å². The number of hydrogen-bond donors (Lipinski definition) is 1. The Hall–Kier alpha value is -2.31. The zero-order valence-electron chi connectivity index (χ0n) is 16.3. The van der Waals surface area contributed by atoms with Crippen LogP contribution in [0.3, 0.4) is 0 Å². The van der Waals surface area contributed by atoms with E-state index in [9.17, 15) is 4.79 Å². The molecule has 1 aliphatic rings. The number of amides is 1. The van der Waals surface area contributed by atoms with Gasteiger partial charge in [-0.05, 0) is 32.9 Å². The Labute approximate surface area is 157 Å². The largest absolute Gasteiger partial charge is 0.357 e. The topological polar surface area (TPSA) is 64.1 Å². The highest BCUT2D eigenvalue weighted by Crippen LogP contribution is 2.12. The van der Waals surface area contributed by atoms with Crippen LogP contribution in [0.5, 0.6) is 0 Å². The predicted molar refractivity (Wildman–Crippen MR) is 107 cm³/mol. The van der Waals surface area contributed by atoms with Crippen molar-refractivity contribution >= 4 is 17.7 Å². The van der Waals surface area contributed by atoms with Crippen molar-refractivity contribution in [1.29, 1.82) is 0 Å². The van der Waals surface area contributed by atoms with E-state index in [1.54, 1.807) is 0 Å². The van der Waals surface area contributed by atoms with Crippen LogP contribution >= 0.6 is 0 Å². The minimum atomic E-state index is 0.176. The maximum Gasteiger partial charge on any atom is 0.224 e. The monoisotopic (exact) mass is 360 g/mol. The van der Waals surface area contributed by atoms with E-state index in [0.29, 0.717) is 13.0 Å². The summed E-state index contributed by atoms with van der Waals surface area (Å²) < 4.78 is 0. The van der Waals surface area contributed by atoms with Gasteiger partial charge in [0, 0.05) is 58.4 Å². The molecule has 7 heteroatoms. The fourth-order valence-corrected chi connectivity index (χ4v) is 3.11. The van der Waals surface area contributed by atoms with Gasteiger partial charge in [-0.2, -0.15) is 0 Å². The van der Waals surface area contributed by atoms with Crippen molar-refractivity contribution in [2.45, 2.75) is 27.2 Å². The second-order valence-electron chi connectivity index (χ2n) is 6.21. The Morgan fingerprint density at radius 1 is 1.19 bits per heavy atom. The van der Waals surface area contributed by atoms with Crippen LogP contribution < -0.4 is 10.2 Å². The van der Waals surface area contributed by atoms with E-state index < -0.39 is 0 Å². The molecule has 0 spiro atoms. The summed E-state index contributed by atoms with van der Waals surface area (Å²) in [6.07, 6.45) is 2.30. The molecular weight excluding hydrogens is 328 g/mol. The molecule has 26 heavy (non-hydrogen) atoms. The quantitative estimate of drug-likeness (QED) is 0.589. The van der Waals surface area contributed by atoms with Crippen LogP contribution in [-0.2, 0) is 4.79 Å². The first-order valence-electron chi connectivity index (χ1n) is 9.66. The van der Waals surface area contributed by atoms with E-state index in [0.717, 1.165) is 57.6 Å². The van der Waals surface area contributed by atoms with Gasteiger partial charge >= 0.3 is 0 Å². The van der Waals surface area contributed by atoms with Crippen LogP contribution in [0.1, 0.15) is 27.2 Å². The lowest BCUT2D eigenvalue weighted by Gasteiger charge is -2.37. The van der Waals surface area contributed by atoms with Gasteiger partial charge in [0.25, 0.3) is 0 Å². The van der Waals surface area contributed by atoms with Crippen LogP contribution in [-0.4, -0.2) is 79.0 Å². The van der Waals surface area contributed by atoms with E-state index in [4.69, 9.17) is 0 Å². The molecule has 0 unspecified atom stereocenters. The third kappa shape index (κ3) is 5.61. The molecule has 0 bridgehead atoms. The number of carbonyl (C=O) groups is 1. The average molecular weight is 361 g/mol. The van der Waals surface area contributed by atoms with Gasteiger partial charge in [-0.1, -0.05) is 6.07 Å². The number of piperazine rings is 1. The molecule has 1 N–H and O–H groups in total. The summed E-state index contributed by atoms with van der Waals surface area (Å²) in [6, 6.07) is 6.01. The summed E-state index contributed by atoms with van der Waals surface area (Å²) >= 11 is 0. The minimum Gasteiger partial charge on any atom is -0.357 e. The first kappa shape index (κ1) is 20.0. The van der Waals surface area contributed by atoms with Gasteiger partial charge in [-0.25, -0.2) is 4.98 Å². The number of nitrogens with one attached hydrogen (secondary N) is 1. The number of pyridine rings is 1. The highest BCUT2D eigenvalue weighted by molar-refractivity contribution is 5.81. The molecule has 0 aromatic carbocycles. The third-order valence-electron chi connectivity index (χ3n) is 4.59. The lowest BCUT2D eigenvalue weighted by atomic mass is 10.3. The van der Waals surface area contributed by atoms with E-state index in [-0.39, 0.29) is 5.91 Å². The smallest absolute Gasteiger partial charge is 0.224 e. The van der Waals surface area contributed by atoms with Gasteiger partial charge in [-0.3, -0.25) is 9.79 Å². The van der Waals surface area contributed by atoms with Crippen LogP contribution in [0, 0.1) is 0 Å². The number of aliphatic imine (C=N–C) groups is 1. The summed E-state index contributed by atoms with van der Waals surface area (Å²) in [7, 11) is 0. The summed E-state index contributed by atoms with van der Waals surface area (Å²) in [5.74, 6) is 2.11. The number of aromatic nitrogens is 1. The highest BCUT2D eigenvalue weighted by atomic mass is 16.2. The summed E-state index contributed by atoms with van der Waals surface area (Å²) in [5.41, 5.74) is 0. The fraction of sp³-hybridized carbons (Fsp3) is 0.632. The summed E-state index contributed by atoms with van der Waals surface area (Å²) in [6.45, 7) is 12.6. The molecule has 144 valence electrons. The average Bonchev–Trinajstić information content (AvgIpc) is 2.69. The van der Waals surface area contributed by atoms with Crippen molar-refractivity contribution in [3.05, 3.63) is 24.4 Å². The maximum absolute atomic E-state index is 12.1. The van der Waals surface area contributed by atoms with E-state index >= 15 is 0 Å². The van der Waals surface area contributed by atoms with E-state index in [1.165, 1.54) is 0 Å². The molecule has 1 aliphatic heterocycles. The number of hydrogen-bond acceptors (Lipinski definition) is 4. The van der Waals surface area contributed by atoms with E-state index in [1.807, 2.05) is 43.1 Å². The van der Waals surface area contributed by atoms with Gasteiger partial charge < -0.3 is 20.0 Å². The second-order valence-corrected chi connectivity index (χ2v) is 6.21. The molecule has 0 aliphatic carbocycles. The number of guanidine groups is 1. The first-order chi connectivity index (χ1) is 12.7. The molecule has 1 fully saturated rings. The molecule has 1 saturated heterocycles.